The second-order valence-electron chi connectivity index (χ2n) is 13.1. The van der Waals surface area contributed by atoms with Crippen LogP contribution in [0, 0.1) is 6.92 Å². The Morgan fingerprint density at radius 3 is 2.29 bits per heavy atom. The third-order valence-corrected chi connectivity index (χ3v) is 7.33. The van der Waals surface area contributed by atoms with Gasteiger partial charge in [-0.2, -0.15) is 5.10 Å². The van der Waals surface area contributed by atoms with Crippen LogP contribution in [0.3, 0.4) is 0 Å². The van der Waals surface area contributed by atoms with E-state index in [9.17, 15) is 9.59 Å². The molecule has 0 radical (unpaired) electrons. The zero-order valence-electron chi connectivity index (χ0n) is 25.9. The second-order valence-corrected chi connectivity index (χ2v) is 13.1. The first-order valence-corrected chi connectivity index (χ1v) is 14.5. The smallest absolute Gasteiger partial charge is 0.420 e. The number of anilines is 2. The summed E-state index contributed by atoms with van der Waals surface area (Å²) in [4.78, 5) is 34.6. The van der Waals surface area contributed by atoms with Gasteiger partial charge in [0.15, 0.2) is 0 Å². The Hall–Kier alpha value is -4.08. The molecule has 2 amide bonds. The minimum Gasteiger partial charge on any atom is -0.486 e. The van der Waals surface area contributed by atoms with Crippen LogP contribution >= 0.6 is 0 Å². The largest absolute Gasteiger partial charge is 0.486 e. The number of aryl methyl sites for hydroxylation is 2. The third kappa shape index (κ3) is 6.22. The van der Waals surface area contributed by atoms with Crippen molar-refractivity contribution in [2.45, 2.75) is 85.0 Å². The van der Waals surface area contributed by atoms with E-state index in [2.05, 4.69) is 11.2 Å². The van der Waals surface area contributed by atoms with Crippen molar-refractivity contribution in [2.75, 3.05) is 18.0 Å². The summed E-state index contributed by atoms with van der Waals surface area (Å²) in [6.07, 6.45) is 6.18. The van der Waals surface area contributed by atoms with E-state index in [4.69, 9.17) is 19.2 Å². The van der Waals surface area contributed by atoms with Gasteiger partial charge in [0.2, 0.25) is 0 Å². The van der Waals surface area contributed by atoms with Gasteiger partial charge in [0, 0.05) is 43.7 Å². The molecule has 1 aromatic carbocycles. The summed E-state index contributed by atoms with van der Waals surface area (Å²) in [5.74, 6) is 1.29. The maximum atomic E-state index is 13.9. The van der Waals surface area contributed by atoms with Gasteiger partial charge in [-0.15, -0.1) is 0 Å². The Kier molecular flexibility index (Phi) is 7.68. The summed E-state index contributed by atoms with van der Waals surface area (Å²) in [5, 5.41) is 4.34. The molecule has 0 N–H and O–H groups in total. The van der Waals surface area contributed by atoms with Crippen molar-refractivity contribution in [3.8, 4) is 16.9 Å². The highest BCUT2D eigenvalue weighted by Gasteiger charge is 2.35. The van der Waals surface area contributed by atoms with Crippen molar-refractivity contribution in [1.82, 2.24) is 19.7 Å². The number of nitrogens with zero attached hydrogens (tertiary/aromatic N) is 5. The summed E-state index contributed by atoms with van der Waals surface area (Å²) < 4.78 is 19.7. The van der Waals surface area contributed by atoms with Crippen LogP contribution in [0.1, 0.15) is 77.0 Å². The normalized spacial score (nSPS) is 15.8. The quantitative estimate of drug-likeness (QED) is 0.329. The maximum absolute atomic E-state index is 13.9. The molecule has 224 valence electrons. The maximum Gasteiger partial charge on any atom is 0.420 e. The molecule has 0 aliphatic carbocycles. The Labute approximate surface area is 247 Å². The van der Waals surface area contributed by atoms with E-state index in [1.54, 1.807) is 26.9 Å². The lowest BCUT2D eigenvalue weighted by molar-refractivity contribution is 0.0204. The first-order chi connectivity index (χ1) is 19.7. The molecule has 0 saturated carbocycles. The van der Waals surface area contributed by atoms with Crippen LogP contribution in [-0.4, -0.2) is 56.1 Å². The number of likely N-dealkylation sites (tertiary alicyclic amines) is 1. The van der Waals surface area contributed by atoms with Gasteiger partial charge < -0.3 is 19.1 Å². The van der Waals surface area contributed by atoms with Crippen molar-refractivity contribution < 1.29 is 23.8 Å². The minimum absolute atomic E-state index is 0.200. The lowest BCUT2D eigenvalue weighted by Crippen LogP contribution is -2.41. The molecule has 2 aliphatic rings. The van der Waals surface area contributed by atoms with Gasteiger partial charge in [-0.1, -0.05) is 6.07 Å². The molecule has 0 spiro atoms. The number of hydrogen-bond donors (Lipinski definition) is 0. The zero-order chi connectivity index (χ0) is 30.4. The summed E-state index contributed by atoms with van der Waals surface area (Å²) >= 11 is 0. The van der Waals surface area contributed by atoms with Crippen LogP contribution in [-0.2, 0) is 23.1 Å². The molecule has 2 aliphatic heterocycles. The Morgan fingerprint density at radius 1 is 1.00 bits per heavy atom. The molecule has 0 unspecified atom stereocenters. The van der Waals surface area contributed by atoms with Gasteiger partial charge in [-0.05, 0) is 96.0 Å². The zero-order valence-corrected chi connectivity index (χ0v) is 25.9. The van der Waals surface area contributed by atoms with Crippen molar-refractivity contribution in [3.63, 3.8) is 0 Å². The molecule has 5 rings (SSSR count). The number of hydrogen-bond acceptors (Lipinski definition) is 7. The Morgan fingerprint density at radius 2 is 1.67 bits per heavy atom. The van der Waals surface area contributed by atoms with E-state index < -0.39 is 17.3 Å². The summed E-state index contributed by atoms with van der Waals surface area (Å²) in [6, 6.07) is 6.07. The fourth-order valence-corrected chi connectivity index (χ4v) is 5.49. The van der Waals surface area contributed by atoms with E-state index in [1.807, 2.05) is 73.8 Å². The van der Waals surface area contributed by atoms with Crippen LogP contribution in [0.2, 0.25) is 0 Å². The van der Waals surface area contributed by atoms with Gasteiger partial charge in [-0.25, -0.2) is 19.5 Å². The monoisotopic (exact) mass is 575 g/mol. The van der Waals surface area contributed by atoms with E-state index in [0.717, 1.165) is 40.7 Å². The van der Waals surface area contributed by atoms with E-state index in [-0.39, 0.29) is 18.6 Å². The number of rotatable bonds is 2. The van der Waals surface area contributed by atoms with Gasteiger partial charge in [0.05, 0.1) is 11.9 Å². The predicted octanol–water partition coefficient (Wildman–Crippen LogP) is 6.87. The molecule has 1 fully saturated rings. The molecular formula is C32H41N5O5. The lowest BCUT2D eigenvalue weighted by atomic mass is 9.88. The average molecular weight is 576 g/mol. The number of ether oxygens (including phenoxy) is 3. The predicted molar refractivity (Wildman–Crippen MR) is 160 cm³/mol. The molecule has 3 aromatic rings. The summed E-state index contributed by atoms with van der Waals surface area (Å²) in [5.41, 5.74) is 3.93. The third-order valence-electron chi connectivity index (χ3n) is 7.33. The summed E-state index contributed by atoms with van der Waals surface area (Å²) in [6.45, 7) is 14.6. The van der Waals surface area contributed by atoms with Crippen LogP contribution < -0.4 is 9.64 Å². The van der Waals surface area contributed by atoms with Gasteiger partial charge in [0.1, 0.15) is 29.4 Å². The number of carbonyl (C=O) groups excluding carboxylic acids is 2. The van der Waals surface area contributed by atoms with E-state index in [1.165, 1.54) is 0 Å². The van der Waals surface area contributed by atoms with Crippen LogP contribution in [0.5, 0.6) is 5.75 Å². The Balaban J connectivity index is 1.53. The fourth-order valence-electron chi connectivity index (χ4n) is 5.49. The topological polar surface area (TPSA) is 99.0 Å². The SMILES string of the molecule is Cc1cc(C2CCN(C(=O)OC(C)(C)C)CC2)cc2c1OCc1c(-c3cnn(C)c3)ccnc1N2C(=O)OC(C)(C)C. The molecule has 42 heavy (non-hydrogen) atoms. The number of benzene rings is 1. The van der Waals surface area contributed by atoms with Gasteiger partial charge in [-0.3, -0.25) is 4.68 Å². The lowest BCUT2D eigenvalue weighted by Gasteiger charge is -2.34. The highest BCUT2D eigenvalue weighted by molar-refractivity contribution is 5.99. The first kappa shape index (κ1) is 29.4. The highest BCUT2D eigenvalue weighted by Crippen LogP contribution is 2.46. The van der Waals surface area contributed by atoms with Crippen molar-refractivity contribution in [2.24, 2.45) is 7.05 Å². The molecule has 2 aromatic heterocycles. The van der Waals surface area contributed by atoms with Gasteiger partial charge >= 0.3 is 12.2 Å². The number of piperidine rings is 1. The van der Waals surface area contributed by atoms with Crippen molar-refractivity contribution >= 4 is 23.7 Å². The van der Waals surface area contributed by atoms with Crippen molar-refractivity contribution in [1.29, 1.82) is 0 Å². The molecule has 4 heterocycles. The minimum atomic E-state index is -0.716. The number of carbonyl (C=O) groups is 2. The standard InChI is InChI=1S/C32H41N5O5/c1-20-15-22(21-10-13-36(14-11-21)29(38)41-31(2,3)4)16-26-27(20)40-19-25-24(23-17-34-35(8)18-23)9-12-33-28(25)37(26)30(39)42-32(5,6)7/h9,12,15-18,21H,10-11,13-14,19H2,1-8H3. The molecular weight excluding hydrogens is 534 g/mol. The molecule has 1 saturated heterocycles. The second kappa shape index (κ2) is 11.0. The first-order valence-electron chi connectivity index (χ1n) is 14.5. The average Bonchev–Trinajstić information content (AvgIpc) is 3.24. The summed E-state index contributed by atoms with van der Waals surface area (Å²) in [7, 11) is 1.87. The van der Waals surface area contributed by atoms with E-state index >= 15 is 0 Å². The number of amides is 2. The Bertz CT molecular complexity index is 1490. The number of pyridine rings is 1. The highest BCUT2D eigenvalue weighted by atomic mass is 16.6. The van der Waals surface area contributed by atoms with Gasteiger partial charge in [0.25, 0.3) is 0 Å². The number of fused-ring (bicyclic) bond motifs is 2. The van der Waals surface area contributed by atoms with Crippen LogP contribution in [0.4, 0.5) is 21.1 Å². The van der Waals surface area contributed by atoms with Crippen LogP contribution in [0.25, 0.3) is 11.1 Å². The fraction of sp³-hybridized carbons (Fsp3) is 0.500. The molecule has 10 nitrogen and oxygen atoms in total. The van der Waals surface area contributed by atoms with Crippen molar-refractivity contribution in [3.05, 3.63) is 53.5 Å². The van der Waals surface area contributed by atoms with E-state index in [0.29, 0.717) is 30.3 Å². The molecule has 0 atom stereocenters. The van der Waals surface area contributed by atoms with Crippen LogP contribution in [0.15, 0.2) is 36.8 Å². The molecule has 0 bridgehead atoms. The number of aromatic nitrogens is 3. The molecule has 10 heteroatoms.